The summed E-state index contributed by atoms with van der Waals surface area (Å²) in [7, 11) is 3.37. The summed E-state index contributed by atoms with van der Waals surface area (Å²) in [5.74, 6) is -1.82. The van der Waals surface area contributed by atoms with Gasteiger partial charge in [-0.05, 0) is 132 Å². The third-order valence-electron chi connectivity index (χ3n) is 13.1. The number of benzene rings is 2. The Labute approximate surface area is 343 Å². The molecule has 7 atom stereocenters. The van der Waals surface area contributed by atoms with Gasteiger partial charge in [0.05, 0.1) is 29.6 Å². The number of H-pyrrole nitrogens is 2. The summed E-state index contributed by atoms with van der Waals surface area (Å²) < 4.78 is 29.7. The molecule has 2 aromatic heterocycles. The van der Waals surface area contributed by atoms with E-state index in [-0.39, 0.29) is 41.6 Å². The highest BCUT2D eigenvalue weighted by Crippen LogP contribution is 2.56. The summed E-state index contributed by atoms with van der Waals surface area (Å²) in [4.78, 5) is 64.7. The fourth-order valence-electron chi connectivity index (χ4n) is 9.21. The van der Waals surface area contributed by atoms with Gasteiger partial charge in [0.15, 0.2) is 0 Å². The number of β-amino-alcohol motifs (C(OH)–C–C–N with tert-alkyl or cyclic N) is 1. The molecular formula is C44H58F2N8O5. The summed E-state index contributed by atoms with van der Waals surface area (Å²) in [6, 6.07) is 5.99. The number of hydrogen-bond acceptors (Lipinski definition) is 7. The van der Waals surface area contributed by atoms with E-state index in [1.807, 2.05) is 18.7 Å². The zero-order valence-corrected chi connectivity index (χ0v) is 34.8. The quantitative estimate of drug-likeness (QED) is 0.0949. The number of aliphatic hydroxyl groups excluding tert-OH is 1. The minimum absolute atomic E-state index is 0.0172. The van der Waals surface area contributed by atoms with Gasteiger partial charge in [0, 0.05) is 47.0 Å². The Morgan fingerprint density at radius 3 is 1.71 bits per heavy atom. The molecule has 2 aliphatic heterocycles. The van der Waals surface area contributed by atoms with Crippen molar-refractivity contribution in [1.82, 2.24) is 41.0 Å². The molecule has 4 amide bonds. The van der Waals surface area contributed by atoms with Crippen LogP contribution in [0.25, 0.3) is 33.2 Å². The molecule has 3 aliphatic rings. The monoisotopic (exact) mass is 816 g/mol. The van der Waals surface area contributed by atoms with E-state index < -0.39 is 47.9 Å². The zero-order valence-electron chi connectivity index (χ0n) is 34.8. The molecule has 4 aromatic rings. The fourth-order valence-corrected chi connectivity index (χ4v) is 9.21. The van der Waals surface area contributed by atoms with Crippen LogP contribution in [0.1, 0.15) is 77.3 Å². The Morgan fingerprint density at radius 2 is 1.25 bits per heavy atom. The van der Waals surface area contributed by atoms with Crippen LogP contribution in [0, 0.1) is 17.0 Å². The van der Waals surface area contributed by atoms with Crippen LogP contribution in [-0.2, 0) is 32.0 Å². The number of aromatic amines is 2. The maximum absolute atomic E-state index is 14.9. The molecule has 13 nitrogen and oxygen atoms in total. The number of fused-ring (bicyclic) bond motifs is 2. The number of halogens is 2. The van der Waals surface area contributed by atoms with Crippen LogP contribution in [0.4, 0.5) is 8.78 Å². The van der Waals surface area contributed by atoms with Gasteiger partial charge in [0.25, 0.3) is 0 Å². The number of hydrogen-bond donors (Lipinski definition) is 7. The second-order valence-corrected chi connectivity index (χ2v) is 17.1. The summed E-state index contributed by atoms with van der Waals surface area (Å²) in [6.45, 7) is 7.86. The highest BCUT2D eigenvalue weighted by molar-refractivity contribution is 5.97. The first-order chi connectivity index (χ1) is 28.2. The maximum Gasteiger partial charge on any atom is 0.245 e. The molecule has 318 valence electrons. The number of rotatable bonds is 15. The van der Waals surface area contributed by atoms with Crippen molar-refractivity contribution in [2.24, 2.45) is 5.41 Å². The fraction of sp³-hybridized carbons (Fsp3) is 0.545. The molecule has 1 saturated carbocycles. The van der Waals surface area contributed by atoms with Crippen molar-refractivity contribution in [2.75, 3.05) is 27.2 Å². The van der Waals surface area contributed by atoms with Gasteiger partial charge >= 0.3 is 0 Å². The number of nitrogens with one attached hydrogen (secondary N) is 6. The molecule has 3 fully saturated rings. The Morgan fingerprint density at radius 1 is 0.780 bits per heavy atom. The lowest BCUT2D eigenvalue weighted by Crippen LogP contribution is -2.53. The Bertz CT molecular complexity index is 2230. The largest absolute Gasteiger partial charge is 0.391 e. The van der Waals surface area contributed by atoms with Crippen LogP contribution in [0.15, 0.2) is 36.4 Å². The predicted molar refractivity (Wildman–Crippen MR) is 222 cm³/mol. The predicted octanol–water partition coefficient (Wildman–Crippen LogP) is 4.03. The molecule has 4 heterocycles. The van der Waals surface area contributed by atoms with Gasteiger partial charge in [-0.15, -0.1) is 0 Å². The average Bonchev–Trinajstić information content (AvgIpc) is 3.45. The van der Waals surface area contributed by atoms with Crippen molar-refractivity contribution in [1.29, 1.82) is 0 Å². The van der Waals surface area contributed by atoms with Crippen molar-refractivity contribution in [3.63, 3.8) is 0 Å². The number of amides is 4. The topological polar surface area (TPSA) is 175 Å². The van der Waals surface area contributed by atoms with Gasteiger partial charge in [-0.25, -0.2) is 8.78 Å². The van der Waals surface area contributed by atoms with Crippen molar-refractivity contribution >= 4 is 45.4 Å². The van der Waals surface area contributed by atoms with E-state index in [9.17, 15) is 33.1 Å². The first kappa shape index (κ1) is 42.3. The van der Waals surface area contributed by atoms with Gasteiger partial charge < -0.3 is 46.1 Å². The number of nitrogens with zero attached hydrogens (tertiary/aromatic N) is 2. The lowest BCUT2D eigenvalue weighted by molar-refractivity contribution is -0.138. The number of carbonyl (C=O) groups excluding carboxylic acids is 4. The SMILES string of the molecule is CC[C@H](NC(=O)[C@H](C)NC)C(=O)N1C[C@@H](O)C[C@H]1Cc1c(-c2[nH]c3cc(F)ccc3c2C[C@@H]2CC3(CC3)CN2C(=O)[C@H](CC)NC(=O)[C@H](C)NC)[nH]c2cc(F)ccc12. The van der Waals surface area contributed by atoms with Crippen LogP contribution in [0.3, 0.4) is 0 Å². The molecule has 59 heavy (non-hydrogen) atoms. The number of likely N-dealkylation sites (tertiary alicyclic amines) is 2. The van der Waals surface area contributed by atoms with E-state index in [4.69, 9.17) is 0 Å². The van der Waals surface area contributed by atoms with E-state index in [1.54, 1.807) is 45.0 Å². The summed E-state index contributed by atoms with van der Waals surface area (Å²) >= 11 is 0. The first-order valence-electron chi connectivity index (χ1n) is 21.0. The number of aromatic nitrogens is 2. The molecule has 1 aliphatic carbocycles. The van der Waals surface area contributed by atoms with Crippen LogP contribution in [-0.4, -0.2) is 118 Å². The molecule has 2 aromatic carbocycles. The Kier molecular flexibility index (Phi) is 12.2. The average molecular weight is 817 g/mol. The van der Waals surface area contributed by atoms with Gasteiger partial charge in [0.2, 0.25) is 23.6 Å². The smallest absolute Gasteiger partial charge is 0.245 e. The van der Waals surface area contributed by atoms with Gasteiger partial charge in [-0.2, -0.15) is 0 Å². The molecule has 0 radical (unpaired) electrons. The lowest BCUT2D eigenvalue weighted by atomic mass is 9.93. The summed E-state index contributed by atoms with van der Waals surface area (Å²) in [5, 5.41) is 24.2. The Balaban J connectivity index is 1.27. The first-order valence-corrected chi connectivity index (χ1v) is 21.0. The molecule has 0 bridgehead atoms. The van der Waals surface area contributed by atoms with Crippen molar-refractivity contribution in [3.8, 4) is 11.4 Å². The van der Waals surface area contributed by atoms with Crippen molar-refractivity contribution < 1.29 is 33.1 Å². The second-order valence-electron chi connectivity index (χ2n) is 17.1. The number of carbonyl (C=O) groups is 4. The number of likely N-dealkylation sites (N-methyl/N-ethyl adjacent to an activating group) is 2. The molecule has 7 N–H and O–H groups in total. The summed E-state index contributed by atoms with van der Waals surface area (Å²) in [5.41, 5.74) is 4.08. The molecule has 7 rings (SSSR count). The molecule has 15 heteroatoms. The second kappa shape index (κ2) is 17.0. The molecule has 1 spiro atoms. The summed E-state index contributed by atoms with van der Waals surface area (Å²) in [6.07, 6.45) is 3.83. The number of aliphatic hydroxyl groups is 1. The minimum Gasteiger partial charge on any atom is -0.391 e. The third-order valence-corrected chi connectivity index (χ3v) is 13.1. The molecule has 0 unspecified atom stereocenters. The molecular weight excluding hydrogens is 759 g/mol. The zero-order chi connectivity index (χ0) is 42.3. The normalized spacial score (nSPS) is 21.9. The third kappa shape index (κ3) is 8.46. The Hall–Kier alpha value is -4.86. The van der Waals surface area contributed by atoms with E-state index in [0.29, 0.717) is 61.1 Å². The molecule has 2 saturated heterocycles. The van der Waals surface area contributed by atoms with Crippen LogP contribution >= 0.6 is 0 Å². The van der Waals surface area contributed by atoms with Gasteiger partial charge in [-0.1, -0.05) is 13.8 Å². The van der Waals surface area contributed by atoms with Crippen LogP contribution in [0.5, 0.6) is 0 Å². The van der Waals surface area contributed by atoms with E-state index in [2.05, 4.69) is 31.2 Å². The van der Waals surface area contributed by atoms with Crippen molar-refractivity contribution in [2.45, 2.75) is 121 Å². The van der Waals surface area contributed by atoms with Crippen LogP contribution < -0.4 is 21.3 Å². The maximum atomic E-state index is 14.9. The highest BCUT2D eigenvalue weighted by atomic mass is 19.1. The van der Waals surface area contributed by atoms with Crippen molar-refractivity contribution in [3.05, 3.63) is 59.2 Å². The minimum atomic E-state index is -0.794. The highest BCUT2D eigenvalue weighted by Gasteiger charge is 2.54. The lowest BCUT2D eigenvalue weighted by Gasteiger charge is -2.30. The van der Waals surface area contributed by atoms with E-state index in [1.165, 1.54) is 24.3 Å². The van der Waals surface area contributed by atoms with E-state index in [0.717, 1.165) is 41.2 Å². The standard InChI is InChI=1S/C44H58F2N8O5/c1-7-34(51-40(56)23(3)47-5)42(58)53-21-29(55)17-27(53)18-32-30-11-9-25(45)15-36(30)49-38(32)39-33(31-12-10-26(46)16-37(31)50-39)19-28-20-44(13-14-44)22-54(28)43(59)35(8-2)52-41(57)24(4)48-6/h9-12,15-16,23-24,27-29,34-35,47-50,55H,7-8,13-14,17-22H2,1-6H3,(H,51,56)(H,52,57)/t23-,24-,27-,28+,29-,34-,35-/m0/s1. The van der Waals surface area contributed by atoms with Crippen LogP contribution in [0.2, 0.25) is 0 Å². The van der Waals surface area contributed by atoms with Gasteiger partial charge in [-0.3, -0.25) is 19.2 Å². The van der Waals surface area contributed by atoms with E-state index >= 15 is 0 Å². The van der Waals surface area contributed by atoms with Gasteiger partial charge in [0.1, 0.15) is 23.7 Å².